The van der Waals surface area contributed by atoms with Crippen molar-refractivity contribution >= 4 is 44.9 Å². The summed E-state index contributed by atoms with van der Waals surface area (Å²) < 4.78 is 13.2. The third kappa shape index (κ3) is 4.22. The van der Waals surface area contributed by atoms with Crippen molar-refractivity contribution in [3.05, 3.63) is 56.2 Å². The van der Waals surface area contributed by atoms with Crippen molar-refractivity contribution in [2.45, 2.75) is 38.7 Å². The molecule has 0 spiro atoms. The van der Waals surface area contributed by atoms with Gasteiger partial charge in [-0.15, -0.1) is 23.1 Å². The molecule has 2 N–H and O–H groups in total. The monoisotopic (exact) mass is 405 g/mol. The summed E-state index contributed by atoms with van der Waals surface area (Å²) in [6.07, 6.45) is 0. The summed E-state index contributed by atoms with van der Waals surface area (Å²) in [5.41, 5.74) is 2.08. The van der Waals surface area contributed by atoms with Gasteiger partial charge in [0, 0.05) is 10.6 Å². The van der Waals surface area contributed by atoms with Crippen LogP contribution < -0.4 is 10.9 Å². The zero-order valence-corrected chi connectivity index (χ0v) is 17.1. The lowest BCUT2D eigenvalue weighted by atomic mass is 10.2. The summed E-state index contributed by atoms with van der Waals surface area (Å²) >= 11 is 2.88. The summed E-state index contributed by atoms with van der Waals surface area (Å²) in [6.45, 7) is 7.42. The third-order valence-corrected chi connectivity index (χ3v) is 6.63. The molecule has 0 aliphatic heterocycles. The maximum atomic E-state index is 13.2. The van der Waals surface area contributed by atoms with Crippen molar-refractivity contribution in [2.24, 2.45) is 0 Å². The van der Waals surface area contributed by atoms with Crippen molar-refractivity contribution < 1.29 is 9.18 Å². The van der Waals surface area contributed by atoms with Gasteiger partial charge in [-0.05, 0) is 57.0 Å². The zero-order chi connectivity index (χ0) is 19.7. The second-order valence-corrected chi connectivity index (χ2v) is 8.91. The number of carbonyl (C=O) groups excluding carboxylic acids is 1. The number of carbonyl (C=O) groups is 1. The summed E-state index contributed by atoms with van der Waals surface area (Å²) in [5, 5.41) is 3.09. The molecule has 3 aromatic rings. The fourth-order valence-corrected chi connectivity index (χ4v) is 4.45. The fraction of sp³-hybridized carbons (Fsp3) is 0.316. The third-order valence-electron chi connectivity index (χ3n) is 4.37. The van der Waals surface area contributed by atoms with Crippen LogP contribution in [0.25, 0.3) is 10.2 Å². The van der Waals surface area contributed by atoms with E-state index < -0.39 is 0 Å². The molecule has 1 aromatic carbocycles. The molecular formula is C19H20FN3O2S2. The molecule has 1 atom stereocenters. The van der Waals surface area contributed by atoms with Gasteiger partial charge in [0.2, 0.25) is 5.91 Å². The highest BCUT2D eigenvalue weighted by Crippen LogP contribution is 2.26. The molecule has 0 aliphatic carbocycles. The average Bonchev–Trinajstić information content (AvgIpc) is 2.89. The molecule has 3 rings (SSSR count). The minimum absolute atomic E-state index is 0.142. The number of thiophene rings is 1. The summed E-state index contributed by atoms with van der Waals surface area (Å²) in [6, 6.07) is 4.24. The van der Waals surface area contributed by atoms with Gasteiger partial charge < -0.3 is 10.3 Å². The Morgan fingerprint density at radius 1 is 1.37 bits per heavy atom. The van der Waals surface area contributed by atoms with Crippen LogP contribution in [-0.4, -0.2) is 21.1 Å². The summed E-state index contributed by atoms with van der Waals surface area (Å²) in [5.74, 6) is 0.452. The number of halogens is 1. The molecule has 8 heteroatoms. The van der Waals surface area contributed by atoms with E-state index in [0.717, 1.165) is 15.3 Å². The predicted octanol–water partition coefficient (Wildman–Crippen LogP) is 4.31. The highest BCUT2D eigenvalue weighted by atomic mass is 32.2. The van der Waals surface area contributed by atoms with Crippen LogP contribution >= 0.6 is 23.1 Å². The predicted molar refractivity (Wildman–Crippen MR) is 110 cm³/mol. The van der Waals surface area contributed by atoms with Crippen LogP contribution in [0.5, 0.6) is 0 Å². The molecule has 0 fully saturated rings. The number of fused-ring (bicyclic) bond motifs is 1. The number of benzene rings is 1. The van der Waals surface area contributed by atoms with E-state index in [2.05, 4.69) is 15.3 Å². The fourth-order valence-electron chi connectivity index (χ4n) is 2.65. The second-order valence-electron chi connectivity index (χ2n) is 6.38. The quantitative estimate of drug-likeness (QED) is 0.663. The molecule has 0 bridgehead atoms. The van der Waals surface area contributed by atoms with Gasteiger partial charge in [-0.3, -0.25) is 9.59 Å². The standard InChI is InChI=1S/C19H20FN3O2S2/c1-9-7-13(20)5-6-14(9)21-17(24)12(4)26-8-15-22-18(25)16-10(2)11(3)27-19(16)23-15/h5-7,12H,8H2,1-4H3,(H,21,24)(H,22,23,25). The van der Waals surface area contributed by atoms with E-state index >= 15 is 0 Å². The number of amides is 1. The zero-order valence-electron chi connectivity index (χ0n) is 15.5. The largest absolute Gasteiger partial charge is 0.325 e. The Hall–Kier alpha value is -2.19. The number of nitrogens with one attached hydrogen (secondary N) is 2. The Balaban J connectivity index is 1.68. The molecule has 2 aromatic heterocycles. The van der Waals surface area contributed by atoms with Crippen LogP contribution in [-0.2, 0) is 10.5 Å². The van der Waals surface area contributed by atoms with Crippen LogP contribution in [0.15, 0.2) is 23.0 Å². The van der Waals surface area contributed by atoms with Crippen LogP contribution in [0.1, 0.15) is 28.8 Å². The molecule has 27 heavy (non-hydrogen) atoms. The lowest BCUT2D eigenvalue weighted by Gasteiger charge is -2.13. The highest BCUT2D eigenvalue weighted by molar-refractivity contribution is 7.99. The normalized spacial score (nSPS) is 12.3. The number of thioether (sulfide) groups is 1. The van der Waals surface area contributed by atoms with Gasteiger partial charge in [0.15, 0.2) is 0 Å². The number of hydrogen-bond acceptors (Lipinski definition) is 5. The number of anilines is 1. The maximum Gasteiger partial charge on any atom is 0.259 e. The summed E-state index contributed by atoms with van der Waals surface area (Å²) in [7, 11) is 0. The molecule has 142 valence electrons. The number of aromatic amines is 1. The first-order chi connectivity index (χ1) is 12.8. The van der Waals surface area contributed by atoms with E-state index in [9.17, 15) is 14.0 Å². The van der Waals surface area contributed by atoms with Gasteiger partial charge in [-0.1, -0.05) is 0 Å². The molecule has 2 heterocycles. The van der Waals surface area contributed by atoms with Crippen molar-refractivity contribution in [3.63, 3.8) is 0 Å². The number of aryl methyl sites for hydroxylation is 3. The minimum Gasteiger partial charge on any atom is -0.325 e. The Bertz CT molecular complexity index is 1070. The number of hydrogen-bond donors (Lipinski definition) is 2. The number of aromatic nitrogens is 2. The van der Waals surface area contributed by atoms with Crippen molar-refractivity contribution in [1.29, 1.82) is 0 Å². The van der Waals surface area contributed by atoms with E-state index in [1.165, 1.54) is 35.2 Å². The van der Waals surface area contributed by atoms with Crippen LogP contribution in [0, 0.1) is 26.6 Å². The van der Waals surface area contributed by atoms with Crippen molar-refractivity contribution in [1.82, 2.24) is 9.97 Å². The van der Waals surface area contributed by atoms with E-state index in [1.54, 1.807) is 19.9 Å². The summed E-state index contributed by atoms with van der Waals surface area (Å²) in [4.78, 5) is 33.8. The van der Waals surface area contributed by atoms with Gasteiger partial charge in [-0.25, -0.2) is 9.37 Å². The Morgan fingerprint density at radius 2 is 2.11 bits per heavy atom. The van der Waals surface area contributed by atoms with Gasteiger partial charge >= 0.3 is 0 Å². The smallest absolute Gasteiger partial charge is 0.259 e. The minimum atomic E-state index is -0.359. The first kappa shape index (κ1) is 19.6. The Labute approximate surface area is 164 Å². The van der Waals surface area contributed by atoms with E-state index in [-0.39, 0.29) is 22.5 Å². The Morgan fingerprint density at radius 3 is 2.81 bits per heavy atom. The first-order valence-electron chi connectivity index (χ1n) is 8.43. The molecule has 5 nitrogen and oxygen atoms in total. The topological polar surface area (TPSA) is 74.8 Å². The molecule has 0 saturated heterocycles. The van der Waals surface area contributed by atoms with E-state index in [4.69, 9.17) is 0 Å². The molecular weight excluding hydrogens is 385 g/mol. The maximum absolute atomic E-state index is 13.2. The highest BCUT2D eigenvalue weighted by Gasteiger charge is 2.17. The number of rotatable bonds is 5. The van der Waals surface area contributed by atoms with Gasteiger partial charge in [0.25, 0.3) is 5.56 Å². The average molecular weight is 406 g/mol. The van der Waals surface area contributed by atoms with E-state index in [1.807, 2.05) is 13.8 Å². The first-order valence-corrected chi connectivity index (χ1v) is 10.3. The van der Waals surface area contributed by atoms with Gasteiger partial charge in [0.1, 0.15) is 16.5 Å². The molecule has 1 amide bonds. The van der Waals surface area contributed by atoms with Crippen molar-refractivity contribution in [3.8, 4) is 0 Å². The molecule has 0 aliphatic rings. The number of nitrogens with zero attached hydrogens (tertiary/aromatic N) is 1. The van der Waals surface area contributed by atoms with Crippen LogP contribution in [0.2, 0.25) is 0 Å². The second kappa shape index (κ2) is 7.82. The van der Waals surface area contributed by atoms with Gasteiger partial charge in [0.05, 0.1) is 16.4 Å². The molecule has 0 saturated carbocycles. The number of H-pyrrole nitrogens is 1. The SMILES string of the molecule is Cc1cc(F)ccc1NC(=O)C(C)SCc1nc2sc(C)c(C)c2c(=O)[nH]1. The molecule has 0 radical (unpaired) electrons. The van der Waals surface area contributed by atoms with Crippen LogP contribution in [0.3, 0.4) is 0 Å². The van der Waals surface area contributed by atoms with Crippen molar-refractivity contribution in [2.75, 3.05) is 5.32 Å². The van der Waals surface area contributed by atoms with E-state index in [0.29, 0.717) is 28.2 Å². The lowest BCUT2D eigenvalue weighted by molar-refractivity contribution is -0.115. The van der Waals surface area contributed by atoms with Crippen LogP contribution in [0.4, 0.5) is 10.1 Å². The molecule has 1 unspecified atom stereocenters. The van der Waals surface area contributed by atoms with Gasteiger partial charge in [-0.2, -0.15) is 0 Å². The Kier molecular flexibility index (Phi) is 5.67. The lowest BCUT2D eigenvalue weighted by Crippen LogP contribution is -2.23.